The summed E-state index contributed by atoms with van der Waals surface area (Å²) >= 11 is 0. The van der Waals surface area contributed by atoms with Gasteiger partial charge >= 0.3 is 0 Å². The molecule has 3 atom stereocenters. The molecule has 0 spiro atoms. The highest BCUT2D eigenvalue weighted by Crippen LogP contribution is 2.23. The molecule has 0 radical (unpaired) electrons. The van der Waals surface area contributed by atoms with Crippen LogP contribution in [0, 0.1) is 0 Å². The fraction of sp³-hybridized carbons (Fsp3) is 0.250. The molecule has 3 aromatic carbocycles. The van der Waals surface area contributed by atoms with Crippen molar-refractivity contribution in [2.75, 3.05) is 6.54 Å². The molecule has 186 valence electrons. The molecule has 36 heavy (non-hydrogen) atoms. The van der Waals surface area contributed by atoms with E-state index in [2.05, 4.69) is 16.0 Å². The van der Waals surface area contributed by atoms with Gasteiger partial charge in [0, 0.05) is 19.5 Å². The zero-order valence-corrected chi connectivity index (χ0v) is 19.7. The maximum atomic E-state index is 13.0. The molecule has 4 N–H and O–H groups in total. The number of epoxide rings is 1. The predicted molar refractivity (Wildman–Crippen MR) is 134 cm³/mol. The first-order chi connectivity index (χ1) is 17.5. The van der Waals surface area contributed by atoms with Gasteiger partial charge in [-0.1, -0.05) is 72.8 Å². The molecule has 8 heteroatoms. The van der Waals surface area contributed by atoms with Gasteiger partial charge in [-0.25, -0.2) is 0 Å². The van der Waals surface area contributed by atoms with Gasteiger partial charge in [0.25, 0.3) is 11.8 Å². The summed E-state index contributed by atoms with van der Waals surface area (Å²) in [7, 11) is 0. The molecule has 3 amide bonds. The third kappa shape index (κ3) is 7.16. The largest absolute Gasteiger partial charge is 0.508 e. The third-order valence-corrected chi connectivity index (χ3v) is 5.88. The van der Waals surface area contributed by atoms with E-state index in [1.807, 2.05) is 60.7 Å². The number of benzene rings is 3. The van der Waals surface area contributed by atoms with Gasteiger partial charge in [0.05, 0.1) is 0 Å². The number of carbonyl (C=O) groups is 3. The molecule has 0 unspecified atom stereocenters. The maximum Gasteiger partial charge on any atom is 0.253 e. The van der Waals surface area contributed by atoms with Crippen LogP contribution in [0.3, 0.4) is 0 Å². The monoisotopic (exact) mass is 487 g/mol. The van der Waals surface area contributed by atoms with E-state index in [0.717, 1.165) is 16.7 Å². The number of phenols is 1. The summed E-state index contributed by atoms with van der Waals surface area (Å²) < 4.78 is 5.33. The number of amides is 3. The van der Waals surface area contributed by atoms with E-state index in [0.29, 0.717) is 25.9 Å². The molecule has 1 aliphatic rings. The molecule has 0 aliphatic carbocycles. The minimum absolute atomic E-state index is 0.183. The Morgan fingerprint density at radius 1 is 0.750 bits per heavy atom. The van der Waals surface area contributed by atoms with Crippen molar-refractivity contribution in [3.63, 3.8) is 0 Å². The van der Waals surface area contributed by atoms with Crippen LogP contribution in [0.15, 0.2) is 84.9 Å². The van der Waals surface area contributed by atoms with Gasteiger partial charge in [-0.2, -0.15) is 0 Å². The van der Waals surface area contributed by atoms with E-state index in [1.54, 1.807) is 24.3 Å². The van der Waals surface area contributed by atoms with E-state index in [1.165, 1.54) is 0 Å². The fourth-order valence-electron chi connectivity index (χ4n) is 3.83. The average molecular weight is 488 g/mol. The second-order valence-corrected chi connectivity index (χ2v) is 8.64. The van der Waals surface area contributed by atoms with Gasteiger partial charge < -0.3 is 25.8 Å². The van der Waals surface area contributed by atoms with Crippen molar-refractivity contribution in [1.29, 1.82) is 0 Å². The molecule has 0 saturated carbocycles. The van der Waals surface area contributed by atoms with Crippen LogP contribution >= 0.6 is 0 Å². The molecule has 4 rings (SSSR count). The lowest BCUT2D eigenvalue weighted by Gasteiger charge is -2.18. The van der Waals surface area contributed by atoms with E-state index in [4.69, 9.17) is 4.74 Å². The van der Waals surface area contributed by atoms with Crippen molar-refractivity contribution in [3.05, 3.63) is 102 Å². The van der Waals surface area contributed by atoms with Gasteiger partial charge in [0.2, 0.25) is 5.91 Å². The molecular formula is C28H29N3O5. The lowest BCUT2D eigenvalue weighted by molar-refractivity contribution is -0.129. The van der Waals surface area contributed by atoms with Gasteiger partial charge in [-0.05, 0) is 35.2 Å². The molecule has 1 heterocycles. The zero-order valence-electron chi connectivity index (χ0n) is 19.7. The standard InChI is InChI=1S/C28H29N3O5/c32-22-13-11-19(12-14-22)15-16-29-27(34)24-25(36-24)28(35)31-23(17-20-7-3-1-4-8-20)26(33)30-18-21-9-5-2-6-10-21/h1-14,23-25,32H,15-18H2,(H,29,34)(H,30,33)(H,31,35)/t23-,24-,25-/m0/s1. The summed E-state index contributed by atoms with van der Waals surface area (Å²) in [6.07, 6.45) is -0.923. The predicted octanol–water partition coefficient (Wildman–Crippen LogP) is 1.86. The molecule has 1 saturated heterocycles. The summed E-state index contributed by atoms with van der Waals surface area (Å²) in [4.78, 5) is 38.2. The van der Waals surface area contributed by atoms with E-state index in [-0.39, 0.29) is 17.6 Å². The van der Waals surface area contributed by atoms with Gasteiger partial charge in [0.1, 0.15) is 11.8 Å². The van der Waals surface area contributed by atoms with Gasteiger partial charge in [-0.3, -0.25) is 14.4 Å². The molecule has 3 aromatic rings. The van der Waals surface area contributed by atoms with Crippen LogP contribution < -0.4 is 16.0 Å². The number of hydrogen-bond donors (Lipinski definition) is 4. The summed E-state index contributed by atoms with van der Waals surface area (Å²) in [6, 6.07) is 24.8. The minimum atomic E-state index is -0.932. The van der Waals surface area contributed by atoms with Crippen LogP contribution in [-0.2, 0) is 38.5 Å². The molecule has 1 fully saturated rings. The number of phenolic OH excluding ortho intramolecular Hbond substituents is 1. The lowest BCUT2D eigenvalue weighted by atomic mass is 10.0. The smallest absolute Gasteiger partial charge is 0.253 e. The number of ether oxygens (including phenoxy) is 1. The van der Waals surface area contributed by atoms with Crippen LogP contribution in [0.1, 0.15) is 16.7 Å². The molecule has 8 nitrogen and oxygen atoms in total. The van der Waals surface area contributed by atoms with E-state index >= 15 is 0 Å². The Morgan fingerprint density at radius 2 is 1.36 bits per heavy atom. The first-order valence-electron chi connectivity index (χ1n) is 11.9. The second kappa shape index (κ2) is 12.0. The molecule has 0 bridgehead atoms. The van der Waals surface area contributed by atoms with Crippen molar-refractivity contribution in [3.8, 4) is 5.75 Å². The van der Waals surface area contributed by atoms with Crippen LogP contribution in [0.2, 0.25) is 0 Å². The summed E-state index contributed by atoms with van der Waals surface area (Å²) in [5.74, 6) is -1.000. The number of rotatable bonds is 11. The summed E-state index contributed by atoms with van der Waals surface area (Å²) in [5, 5.41) is 17.7. The zero-order chi connectivity index (χ0) is 25.3. The first kappa shape index (κ1) is 24.9. The van der Waals surface area contributed by atoms with Crippen molar-refractivity contribution < 1.29 is 24.2 Å². The Balaban J connectivity index is 1.29. The Morgan fingerprint density at radius 3 is 2.03 bits per heavy atom. The van der Waals surface area contributed by atoms with Crippen molar-refractivity contribution in [2.45, 2.75) is 37.6 Å². The Kier molecular flexibility index (Phi) is 8.31. The highest BCUT2D eigenvalue weighted by molar-refractivity contribution is 5.97. The first-order valence-corrected chi connectivity index (χ1v) is 11.9. The second-order valence-electron chi connectivity index (χ2n) is 8.64. The lowest BCUT2D eigenvalue weighted by Crippen LogP contribution is -2.49. The highest BCUT2D eigenvalue weighted by Gasteiger charge is 2.50. The average Bonchev–Trinajstić information content (AvgIpc) is 3.71. The summed E-state index contributed by atoms with van der Waals surface area (Å²) in [5.41, 5.74) is 2.81. The topological polar surface area (TPSA) is 120 Å². The number of carbonyl (C=O) groups excluding carboxylic acids is 3. The highest BCUT2D eigenvalue weighted by atomic mass is 16.6. The number of hydrogen-bond acceptors (Lipinski definition) is 5. The fourth-order valence-corrected chi connectivity index (χ4v) is 3.83. The van der Waals surface area contributed by atoms with Gasteiger partial charge in [-0.15, -0.1) is 0 Å². The van der Waals surface area contributed by atoms with E-state index < -0.39 is 24.2 Å². The third-order valence-electron chi connectivity index (χ3n) is 5.88. The van der Waals surface area contributed by atoms with Crippen LogP contribution in [-0.4, -0.2) is 47.6 Å². The normalized spacial score (nSPS) is 17.0. The Bertz CT molecular complexity index is 1170. The number of aromatic hydroxyl groups is 1. The van der Waals surface area contributed by atoms with Crippen molar-refractivity contribution in [1.82, 2.24) is 16.0 Å². The van der Waals surface area contributed by atoms with Crippen LogP contribution in [0.25, 0.3) is 0 Å². The Labute approximate surface area is 209 Å². The van der Waals surface area contributed by atoms with E-state index in [9.17, 15) is 19.5 Å². The molecule has 0 aromatic heterocycles. The SMILES string of the molecule is O=C(NCc1ccccc1)[C@H](Cc1ccccc1)NC(=O)[C@H]1O[C@@H]1C(=O)NCCc1ccc(O)cc1. The quantitative estimate of drug-likeness (QED) is 0.308. The maximum absolute atomic E-state index is 13.0. The minimum Gasteiger partial charge on any atom is -0.508 e. The Hall–Kier alpha value is -4.17. The van der Waals surface area contributed by atoms with Gasteiger partial charge in [0.15, 0.2) is 12.2 Å². The summed E-state index contributed by atoms with van der Waals surface area (Å²) in [6.45, 7) is 0.711. The molecular weight excluding hydrogens is 458 g/mol. The molecule has 1 aliphatic heterocycles. The van der Waals surface area contributed by atoms with Crippen molar-refractivity contribution >= 4 is 17.7 Å². The van der Waals surface area contributed by atoms with Crippen LogP contribution in [0.4, 0.5) is 0 Å². The van der Waals surface area contributed by atoms with Crippen molar-refractivity contribution in [2.24, 2.45) is 0 Å². The number of nitrogens with one attached hydrogen (secondary N) is 3. The van der Waals surface area contributed by atoms with Crippen LogP contribution in [0.5, 0.6) is 5.75 Å².